The molecular formula is C14H17F3N2O. The zero-order valence-electron chi connectivity index (χ0n) is 11.2. The highest BCUT2D eigenvalue weighted by atomic mass is 19.4. The molecule has 1 heterocycles. The van der Waals surface area contributed by atoms with Crippen molar-refractivity contribution in [2.75, 3.05) is 11.4 Å². The smallest absolute Gasteiger partial charge is 0.311 e. The van der Waals surface area contributed by atoms with Gasteiger partial charge in [-0.05, 0) is 18.6 Å². The highest BCUT2D eigenvalue weighted by molar-refractivity contribution is 5.94. The van der Waals surface area contributed by atoms with Gasteiger partial charge >= 0.3 is 6.18 Å². The van der Waals surface area contributed by atoms with Crippen LogP contribution in [0.15, 0.2) is 24.3 Å². The third-order valence-electron chi connectivity index (χ3n) is 3.30. The van der Waals surface area contributed by atoms with E-state index in [0.29, 0.717) is 18.8 Å². The highest BCUT2D eigenvalue weighted by Gasteiger charge is 2.30. The van der Waals surface area contributed by atoms with E-state index in [1.807, 2.05) is 19.1 Å². The molecule has 0 radical (unpaired) electrons. The molecule has 0 saturated heterocycles. The molecule has 0 saturated carbocycles. The second-order valence-electron chi connectivity index (χ2n) is 5.03. The first kappa shape index (κ1) is 14.8. The molecule has 1 aromatic carbocycles. The predicted molar refractivity (Wildman–Crippen MR) is 70.4 cm³/mol. The third kappa shape index (κ3) is 3.72. The van der Waals surface area contributed by atoms with Crippen molar-refractivity contribution in [1.29, 1.82) is 0 Å². The number of carbonyl (C=O) groups is 1. The van der Waals surface area contributed by atoms with Gasteiger partial charge in [0.05, 0.1) is 6.42 Å². The van der Waals surface area contributed by atoms with E-state index in [-0.39, 0.29) is 6.04 Å². The number of hydrogen-bond donors (Lipinski definition) is 1. The topological polar surface area (TPSA) is 32.3 Å². The molecule has 1 unspecified atom stereocenters. The number of amides is 1. The number of hydrogen-bond acceptors (Lipinski definition) is 2. The minimum Gasteiger partial charge on any atom is -0.311 e. The van der Waals surface area contributed by atoms with Gasteiger partial charge in [-0.2, -0.15) is 13.2 Å². The van der Waals surface area contributed by atoms with Gasteiger partial charge in [0.2, 0.25) is 5.91 Å². The van der Waals surface area contributed by atoms with Gasteiger partial charge in [-0.15, -0.1) is 0 Å². The van der Waals surface area contributed by atoms with Crippen LogP contribution in [0.5, 0.6) is 0 Å². The average Bonchev–Trinajstić information content (AvgIpc) is 2.55. The number of fused-ring (bicyclic) bond motifs is 1. The number of anilines is 1. The van der Waals surface area contributed by atoms with Crippen LogP contribution in [0.2, 0.25) is 0 Å². The van der Waals surface area contributed by atoms with Crippen molar-refractivity contribution in [1.82, 2.24) is 5.32 Å². The van der Waals surface area contributed by atoms with E-state index in [1.165, 1.54) is 4.90 Å². The second-order valence-corrected chi connectivity index (χ2v) is 5.03. The van der Waals surface area contributed by atoms with E-state index in [0.717, 1.165) is 5.56 Å². The van der Waals surface area contributed by atoms with Gasteiger partial charge in [0.15, 0.2) is 0 Å². The van der Waals surface area contributed by atoms with E-state index in [2.05, 4.69) is 5.32 Å². The quantitative estimate of drug-likeness (QED) is 0.906. The summed E-state index contributed by atoms with van der Waals surface area (Å²) in [6.07, 6.45) is -5.89. The summed E-state index contributed by atoms with van der Waals surface area (Å²) in [5, 5.41) is 3.24. The Morgan fingerprint density at radius 1 is 1.40 bits per heavy atom. The fourth-order valence-corrected chi connectivity index (χ4v) is 2.26. The number of nitrogens with zero attached hydrogens (tertiary/aromatic N) is 1. The Kier molecular flexibility index (Phi) is 4.32. The van der Waals surface area contributed by atoms with Gasteiger partial charge in [0.25, 0.3) is 0 Å². The van der Waals surface area contributed by atoms with Crippen molar-refractivity contribution < 1.29 is 18.0 Å². The lowest BCUT2D eigenvalue weighted by atomic mass is 10.1. The van der Waals surface area contributed by atoms with Crippen LogP contribution >= 0.6 is 0 Å². The molecule has 1 aliphatic rings. The summed E-state index contributed by atoms with van der Waals surface area (Å²) in [5.74, 6) is -0.481. The molecule has 0 spiro atoms. The highest BCUT2D eigenvalue weighted by Crippen LogP contribution is 2.26. The molecule has 6 heteroatoms. The number of benzene rings is 1. The van der Waals surface area contributed by atoms with Gasteiger partial charge in [0.1, 0.15) is 0 Å². The molecule has 20 heavy (non-hydrogen) atoms. The number of nitrogens with one attached hydrogen (secondary N) is 1. The summed E-state index contributed by atoms with van der Waals surface area (Å²) in [5.41, 5.74) is 1.63. The minimum atomic E-state index is -4.30. The maximum absolute atomic E-state index is 12.3. The molecule has 1 aliphatic heterocycles. The normalized spacial score (nSPS) is 19.4. The number of para-hydroxylation sites is 1. The van der Waals surface area contributed by atoms with Crippen LogP contribution < -0.4 is 10.2 Å². The van der Waals surface area contributed by atoms with Crippen LogP contribution in [0.3, 0.4) is 0 Å². The molecule has 0 fully saturated rings. The van der Waals surface area contributed by atoms with Crippen LogP contribution in [0.25, 0.3) is 0 Å². The van der Waals surface area contributed by atoms with E-state index >= 15 is 0 Å². The van der Waals surface area contributed by atoms with Crippen molar-refractivity contribution in [3.63, 3.8) is 0 Å². The van der Waals surface area contributed by atoms with Crippen molar-refractivity contribution in [2.45, 2.75) is 38.5 Å². The van der Waals surface area contributed by atoms with Gasteiger partial charge < -0.3 is 10.2 Å². The number of carbonyl (C=O) groups excluding carboxylic acids is 1. The van der Waals surface area contributed by atoms with Gasteiger partial charge in [0, 0.05) is 31.2 Å². The predicted octanol–water partition coefficient (Wildman–Crippen LogP) is 2.85. The molecular weight excluding hydrogens is 269 g/mol. The van der Waals surface area contributed by atoms with E-state index in [9.17, 15) is 18.0 Å². The summed E-state index contributed by atoms with van der Waals surface area (Å²) >= 11 is 0. The first-order chi connectivity index (χ1) is 9.37. The molecule has 110 valence electrons. The minimum absolute atomic E-state index is 0.0391. The summed E-state index contributed by atoms with van der Waals surface area (Å²) in [6, 6.07) is 7.34. The second kappa shape index (κ2) is 5.83. The SMILES string of the molecule is CC1CN(C(=O)CCC(F)(F)F)c2ccccc2CN1. The Hall–Kier alpha value is -1.56. The average molecular weight is 286 g/mol. The maximum atomic E-state index is 12.3. The van der Waals surface area contributed by atoms with Crippen molar-refractivity contribution in [3.8, 4) is 0 Å². The van der Waals surface area contributed by atoms with E-state index < -0.39 is 24.9 Å². The molecule has 3 nitrogen and oxygen atoms in total. The van der Waals surface area contributed by atoms with Gasteiger partial charge in [-0.3, -0.25) is 4.79 Å². The number of alkyl halides is 3. The molecule has 2 rings (SSSR count). The van der Waals surface area contributed by atoms with Crippen molar-refractivity contribution >= 4 is 11.6 Å². The summed E-state index contributed by atoms with van der Waals surface area (Å²) in [4.78, 5) is 13.6. The van der Waals surface area contributed by atoms with Crippen LogP contribution in [0, 0.1) is 0 Å². The first-order valence-corrected chi connectivity index (χ1v) is 6.55. The van der Waals surface area contributed by atoms with Gasteiger partial charge in [-0.1, -0.05) is 18.2 Å². The van der Waals surface area contributed by atoms with Crippen LogP contribution in [-0.2, 0) is 11.3 Å². The van der Waals surface area contributed by atoms with Crippen molar-refractivity contribution in [2.24, 2.45) is 0 Å². The number of rotatable bonds is 2. The lowest BCUT2D eigenvalue weighted by Gasteiger charge is -2.24. The third-order valence-corrected chi connectivity index (χ3v) is 3.30. The standard InChI is InChI=1S/C14H17F3N2O/c1-10-9-19(13(20)6-7-14(15,16)17)12-5-3-2-4-11(12)8-18-10/h2-5,10,18H,6-9H2,1H3. The van der Waals surface area contributed by atoms with Crippen LogP contribution in [-0.4, -0.2) is 24.7 Å². The Balaban J connectivity index is 2.18. The fourth-order valence-electron chi connectivity index (χ4n) is 2.26. The molecule has 1 amide bonds. The van der Waals surface area contributed by atoms with Crippen LogP contribution in [0.1, 0.15) is 25.3 Å². The first-order valence-electron chi connectivity index (χ1n) is 6.55. The van der Waals surface area contributed by atoms with E-state index in [1.54, 1.807) is 12.1 Å². The zero-order chi connectivity index (χ0) is 14.8. The summed E-state index contributed by atoms with van der Waals surface area (Å²) in [7, 11) is 0. The zero-order valence-corrected chi connectivity index (χ0v) is 11.2. The molecule has 1 atom stereocenters. The Bertz CT molecular complexity index is 488. The lowest BCUT2D eigenvalue weighted by Crippen LogP contribution is -2.40. The van der Waals surface area contributed by atoms with E-state index in [4.69, 9.17) is 0 Å². The fraction of sp³-hybridized carbons (Fsp3) is 0.500. The maximum Gasteiger partial charge on any atom is 0.389 e. The molecule has 1 aromatic rings. The largest absolute Gasteiger partial charge is 0.389 e. The summed E-state index contributed by atoms with van der Waals surface area (Å²) in [6.45, 7) is 2.91. The Labute approximate surface area is 115 Å². The lowest BCUT2D eigenvalue weighted by molar-refractivity contribution is -0.143. The molecule has 0 aliphatic carbocycles. The van der Waals surface area contributed by atoms with Crippen molar-refractivity contribution in [3.05, 3.63) is 29.8 Å². The monoisotopic (exact) mass is 286 g/mol. The summed E-state index contributed by atoms with van der Waals surface area (Å²) < 4.78 is 36.8. The molecule has 0 aromatic heterocycles. The van der Waals surface area contributed by atoms with Crippen LogP contribution in [0.4, 0.5) is 18.9 Å². The number of halogens is 3. The molecule has 1 N–H and O–H groups in total. The van der Waals surface area contributed by atoms with Gasteiger partial charge in [-0.25, -0.2) is 0 Å². The Morgan fingerprint density at radius 2 is 2.10 bits per heavy atom. The Morgan fingerprint density at radius 3 is 2.80 bits per heavy atom. The molecule has 0 bridgehead atoms.